The number of fused-ring (bicyclic) bond motifs is 5. The topological polar surface area (TPSA) is 157 Å². The quantitative estimate of drug-likeness (QED) is 0.376. The van der Waals surface area contributed by atoms with E-state index < -0.39 is 41.5 Å². The van der Waals surface area contributed by atoms with E-state index in [1.54, 1.807) is 0 Å². The van der Waals surface area contributed by atoms with E-state index in [9.17, 15) is 34.8 Å². The highest BCUT2D eigenvalue weighted by molar-refractivity contribution is 5.96. The number of Topliss-reactive ketones (excluding diaryl/α,β-unsaturated/α-hetero) is 1. The lowest BCUT2D eigenvalue weighted by molar-refractivity contribution is -0.181. The second kappa shape index (κ2) is 9.71. The van der Waals surface area contributed by atoms with Gasteiger partial charge in [0.15, 0.2) is 12.4 Å². The molecule has 5 rings (SSSR count). The van der Waals surface area contributed by atoms with Crippen LogP contribution in [0.3, 0.4) is 0 Å². The Balaban J connectivity index is 1.29. The molecule has 38 heavy (non-hydrogen) atoms. The van der Waals surface area contributed by atoms with E-state index in [0.29, 0.717) is 45.1 Å². The zero-order valence-electron chi connectivity index (χ0n) is 22.3. The van der Waals surface area contributed by atoms with Crippen LogP contribution in [0.5, 0.6) is 0 Å². The van der Waals surface area contributed by atoms with Crippen LogP contribution < -0.4 is 0 Å². The summed E-state index contributed by atoms with van der Waals surface area (Å²) in [4.78, 5) is 43.1. The number of ketones is 1. The molecule has 0 spiro atoms. The van der Waals surface area contributed by atoms with Gasteiger partial charge in [0, 0.05) is 12.0 Å². The summed E-state index contributed by atoms with van der Waals surface area (Å²) >= 11 is 0. The molecule has 1 aliphatic heterocycles. The van der Waals surface area contributed by atoms with Gasteiger partial charge in [-0.1, -0.05) is 24.6 Å². The van der Waals surface area contributed by atoms with Gasteiger partial charge in [-0.2, -0.15) is 0 Å². The van der Waals surface area contributed by atoms with Gasteiger partial charge in [0.2, 0.25) is 0 Å². The normalized spacial score (nSPS) is 43.2. The standard InChI is InChI=1S/C28H40N2O8/c1-26-9-7-17(29-38-15-23(34)30-11-3-4-20(30)25(35)36)12-16(26)5-6-18-19-8-10-28(37,22(33)14-31)27(19,2)13-21(32)24(18)26/h12,18-21,24,31-32,37H,3-11,13-15H2,1-2H3,(H,35,36)/b29-17+/t18-,19-,20+,21-,24+,26-,27-,28-/m0/s1. The molecule has 8 atom stereocenters. The van der Waals surface area contributed by atoms with Crippen LogP contribution in [-0.2, 0) is 19.2 Å². The van der Waals surface area contributed by atoms with Crippen molar-refractivity contribution in [2.75, 3.05) is 19.8 Å². The third kappa shape index (κ3) is 4.02. The second-order valence-electron chi connectivity index (χ2n) is 12.5. The summed E-state index contributed by atoms with van der Waals surface area (Å²) in [5.41, 5.74) is -0.673. The number of carbonyl (C=O) groups excluding carboxylic acids is 2. The van der Waals surface area contributed by atoms with E-state index in [-0.39, 0.29) is 35.7 Å². The Morgan fingerprint density at radius 3 is 2.63 bits per heavy atom. The fourth-order valence-electron chi connectivity index (χ4n) is 8.94. The van der Waals surface area contributed by atoms with E-state index in [1.807, 2.05) is 13.0 Å². The Hall–Kier alpha value is -2.30. The summed E-state index contributed by atoms with van der Waals surface area (Å²) in [6.07, 6.45) is 6.85. The number of amides is 1. The van der Waals surface area contributed by atoms with Crippen molar-refractivity contribution in [3.8, 4) is 0 Å². The fraction of sp³-hybridized carbons (Fsp3) is 0.786. The van der Waals surface area contributed by atoms with E-state index in [0.717, 1.165) is 25.0 Å². The number of aliphatic hydroxyl groups excluding tert-OH is 2. The highest BCUT2D eigenvalue weighted by Crippen LogP contribution is 2.67. The highest BCUT2D eigenvalue weighted by Gasteiger charge is 2.68. The number of aliphatic carboxylic acids is 1. The predicted molar refractivity (Wildman–Crippen MR) is 136 cm³/mol. The minimum atomic E-state index is -1.60. The SMILES string of the molecule is C[C@]12CC/C(=N\OCC(=O)N3CCC[C@@H]3C(=O)O)C=C1CC[C@@H]1[C@@H]2[C@@H](O)C[C@@]2(C)[C@H]1CC[C@]2(O)C(=O)CO. The molecule has 4 aliphatic carbocycles. The van der Waals surface area contributed by atoms with Crippen molar-refractivity contribution in [3.05, 3.63) is 11.6 Å². The van der Waals surface area contributed by atoms with Crippen LogP contribution in [0.2, 0.25) is 0 Å². The molecule has 0 aromatic rings. The zero-order valence-corrected chi connectivity index (χ0v) is 22.3. The van der Waals surface area contributed by atoms with Gasteiger partial charge in [0.25, 0.3) is 5.91 Å². The lowest BCUT2D eigenvalue weighted by atomic mass is 9.45. The van der Waals surface area contributed by atoms with Gasteiger partial charge in [-0.05, 0) is 87.0 Å². The van der Waals surface area contributed by atoms with Gasteiger partial charge >= 0.3 is 5.97 Å². The maximum Gasteiger partial charge on any atom is 0.326 e. The van der Waals surface area contributed by atoms with Gasteiger partial charge < -0.3 is 30.2 Å². The Kier molecular flexibility index (Phi) is 6.97. The summed E-state index contributed by atoms with van der Waals surface area (Å²) < 4.78 is 0. The monoisotopic (exact) mass is 532 g/mol. The number of likely N-dealkylation sites (tertiary alicyclic amines) is 1. The zero-order chi connectivity index (χ0) is 27.5. The molecule has 0 bridgehead atoms. The predicted octanol–water partition coefficient (Wildman–Crippen LogP) is 1.66. The molecule has 1 saturated heterocycles. The van der Waals surface area contributed by atoms with E-state index in [1.165, 1.54) is 10.5 Å². The molecule has 1 amide bonds. The Morgan fingerprint density at radius 1 is 1.16 bits per heavy atom. The summed E-state index contributed by atoms with van der Waals surface area (Å²) in [6, 6.07) is -0.798. The van der Waals surface area contributed by atoms with Crippen LogP contribution in [0, 0.1) is 28.6 Å². The molecule has 0 aromatic carbocycles. The molecule has 0 aromatic heterocycles. The van der Waals surface area contributed by atoms with Gasteiger partial charge in [-0.15, -0.1) is 0 Å². The Morgan fingerprint density at radius 2 is 1.92 bits per heavy atom. The third-order valence-corrected chi connectivity index (χ3v) is 10.9. The molecule has 4 fully saturated rings. The fourth-order valence-corrected chi connectivity index (χ4v) is 8.94. The third-order valence-electron chi connectivity index (χ3n) is 10.9. The molecule has 0 unspecified atom stereocenters. The molecule has 1 heterocycles. The first-order valence-electron chi connectivity index (χ1n) is 13.9. The maximum atomic E-state index is 12.6. The summed E-state index contributed by atoms with van der Waals surface area (Å²) in [6.45, 7) is 3.53. The van der Waals surface area contributed by atoms with Crippen LogP contribution in [0.4, 0.5) is 0 Å². The number of carbonyl (C=O) groups is 3. The number of carboxylic acids is 1. The van der Waals surface area contributed by atoms with Crippen molar-refractivity contribution < 1.29 is 39.6 Å². The Labute approximate surface area is 222 Å². The van der Waals surface area contributed by atoms with Gasteiger partial charge in [0.05, 0.1) is 11.8 Å². The van der Waals surface area contributed by atoms with E-state index in [2.05, 4.69) is 12.1 Å². The van der Waals surface area contributed by atoms with Crippen molar-refractivity contribution in [3.63, 3.8) is 0 Å². The van der Waals surface area contributed by atoms with Gasteiger partial charge in [-0.3, -0.25) is 9.59 Å². The molecule has 4 N–H and O–H groups in total. The van der Waals surface area contributed by atoms with Crippen LogP contribution in [-0.4, -0.2) is 86.2 Å². The molecule has 0 radical (unpaired) electrons. The number of hydrogen-bond acceptors (Lipinski definition) is 8. The first kappa shape index (κ1) is 27.3. The first-order valence-corrected chi connectivity index (χ1v) is 13.9. The van der Waals surface area contributed by atoms with Crippen LogP contribution in [0.25, 0.3) is 0 Å². The van der Waals surface area contributed by atoms with Crippen molar-refractivity contribution in [1.82, 2.24) is 4.90 Å². The largest absolute Gasteiger partial charge is 0.480 e. The number of oxime groups is 1. The number of aliphatic hydroxyl groups is 3. The number of hydrogen-bond donors (Lipinski definition) is 4. The van der Waals surface area contributed by atoms with Crippen LogP contribution >= 0.6 is 0 Å². The maximum absolute atomic E-state index is 12.6. The first-order chi connectivity index (χ1) is 18.0. The smallest absolute Gasteiger partial charge is 0.326 e. The van der Waals surface area contributed by atoms with Gasteiger partial charge in [0.1, 0.15) is 18.2 Å². The molecular weight excluding hydrogens is 492 g/mol. The van der Waals surface area contributed by atoms with Crippen molar-refractivity contribution in [2.24, 2.45) is 33.7 Å². The second-order valence-corrected chi connectivity index (χ2v) is 12.5. The minimum Gasteiger partial charge on any atom is -0.480 e. The van der Waals surface area contributed by atoms with E-state index in [4.69, 9.17) is 4.84 Å². The summed E-state index contributed by atoms with van der Waals surface area (Å²) in [5, 5.41) is 45.9. The van der Waals surface area contributed by atoms with Crippen LogP contribution in [0.15, 0.2) is 16.8 Å². The number of allylic oxidation sites excluding steroid dienone is 2. The molecular formula is C28H40N2O8. The molecule has 10 nitrogen and oxygen atoms in total. The van der Waals surface area contributed by atoms with Crippen molar-refractivity contribution in [1.29, 1.82) is 0 Å². The average Bonchev–Trinajstić information content (AvgIpc) is 3.47. The summed E-state index contributed by atoms with van der Waals surface area (Å²) in [7, 11) is 0. The molecule has 5 aliphatic rings. The number of rotatable bonds is 6. The molecule has 10 heteroatoms. The number of carboxylic acid groups (broad SMARTS) is 1. The van der Waals surface area contributed by atoms with Crippen LogP contribution in [0.1, 0.15) is 71.6 Å². The average molecular weight is 533 g/mol. The van der Waals surface area contributed by atoms with Gasteiger partial charge in [-0.25, -0.2) is 4.79 Å². The lowest BCUT2D eigenvalue weighted by Gasteiger charge is -2.60. The van der Waals surface area contributed by atoms with E-state index >= 15 is 0 Å². The van der Waals surface area contributed by atoms with Crippen molar-refractivity contribution >= 4 is 23.4 Å². The minimum absolute atomic E-state index is 0.000631. The number of nitrogens with zero attached hydrogens (tertiary/aromatic N) is 2. The lowest BCUT2D eigenvalue weighted by Crippen LogP contribution is -2.62. The highest BCUT2D eigenvalue weighted by atomic mass is 16.6. The Bertz CT molecular complexity index is 1070. The summed E-state index contributed by atoms with van der Waals surface area (Å²) in [5.74, 6) is -1.66. The van der Waals surface area contributed by atoms with Crippen molar-refractivity contribution in [2.45, 2.75) is 89.4 Å². The molecule has 3 saturated carbocycles. The molecule has 210 valence electrons.